The topological polar surface area (TPSA) is 81.4 Å². The number of anilines is 1. The van der Waals surface area contributed by atoms with Crippen LogP contribution < -0.4 is 5.32 Å². The highest BCUT2D eigenvalue weighted by molar-refractivity contribution is 7.99. The van der Waals surface area contributed by atoms with Gasteiger partial charge < -0.3 is 14.6 Å². The number of thioether (sulfide) groups is 1. The van der Waals surface area contributed by atoms with Crippen LogP contribution in [0.15, 0.2) is 22.7 Å². The summed E-state index contributed by atoms with van der Waals surface area (Å²) in [7, 11) is 0. The van der Waals surface area contributed by atoms with Crippen LogP contribution in [0.5, 0.6) is 0 Å². The molecule has 1 aromatic heterocycles. The van der Waals surface area contributed by atoms with Gasteiger partial charge in [0.05, 0.1) is 17.1 Å². The van der Waals surface area contributed by atoms with Crippen LogP contribution in [0.25, 0.3) is 0 Å². The van der Waals surface area contributed by atoms with Crippen molar-refractivity contribution in [3.8, 4) is 0 Å². The Balaban J connectivity index is 1.71. The van der Waals surface area contributed by atoms with Crippen molar-refractivity contribution in [1.29, 1.82) is 0 Å². The highest BCUT2D eigenvalue weighted by Gasteiger charge is 2.13. The van der Waals surface area contributed by atoms with Gasteiger partial charge in [0.25, 0.3) is 5.91 Å². The SMILES string of the molecule is Cc1noc(C)c1CSCC(=O)OCC(=O)Nc1ccc(F)cc1F. The lowest BCUT2D eigenvalue weighted by atomic mass is 10.2. The minimum atomic E-state index is -0.908. The van der Waals surface area contributed by atoms with Crippen LogP contribution in [0.1, 0.15) is 17.0 Å². The van der Waals surface area contributed by atoms with Crippen molar-refractivity contribution >= 4 is 29.3 Å². The molecule has 6 nitrogen and oxygen atoms in total. The number of aromatic nitrogens is 1. The summed E-state index contributed by atoms with van der Waals surface area (Å²) < 4.78 is 36.0. The van der Waals surface area contributed by atoms with Crippen LogP contribution in [-0.4, -0.2) is 29.4 Å². The standard InChI is InChI=1S/C16H16F2N2O4S/c1-9-12(10(2)24-20-9)7-25-8-16(22)23-6-15(21)19-14-4-3-11(17)5-13(14)18/h3-5H,6-8H2,1-2H3,(H,19,21). The van der Waals surface area contributed by atoms with E-state index >= 15 is 0 Å². The zero-order chi connectivity index (χ0) is 18.4. The molecule has 9 heteroatoms. The molecule has 1 amide bonds. The van der Waals surface area contributed by atoms with E-state index in [-0.39, 0.29) is 11.4 Å². The first-order valence-corrected chi connectivity index (χ1v) is 8.42. The predicted octanol–water partition coefficient (Wildman–Crippen LogP) is 2.98. The van der Waals surface area contributed by atoms with Crippen molar-refractivity contribution in [2.75, 3.05) is 17.7 Å². The highest BCUT2D eigenvalue weighted by atomic mass is 32.2. The molecule has 2 rings (SSSR count). The van der Waals surface area contributed by atoms with Gasteiger partial charge in [-0.15, -0.1) is 11.8 Å². The number of esters is 1. The van der Waals surface area contributed by atoms with E-state index in [0.29, 0.717) is 17.6 Å². The van der Waals surface area contributed by atoms with Crippen LogP contribution in [0, 0.1) is 25.5 Å². The number of aryl methyl sites for hydroxylation is 2. The summed E-state index contributed by atoms with van der Waals surface area (Å²) in [5.41, 5.74) is 1.50. The summed E-state index contributed by atoms with van der Waals surface area (Å²) in [6.07, 6.45) is 0. The third-order valence-electron chi connectivity index (χ3n) is 3.22. The van der Waals surface area contributed by atoms with Gasteiger partial charge >= 0.3 is 5.97 Å². The fourth-order valence-corrected chi connectivity index (χ4v) is 2.88. The zero-order valence-electron chi connectivity index (χ0n) is 13.6. The van der Waals surface area contributed by atoms with Gasteiger partial charge in [-0.1, -0.05) is 5.16 Å². The molecule has 0 unspecified atom stereocenters. The lowest BCUT2D eigenvalue weighted by Crippen LogP contribution is -2.22. The number of carbonyl (C=O) groups is 2. The summed E-state index contributed by atoms with van der Waals surface area (Å²) in [5.74, 6) is -1.68. The molecule has 0 spiro atoms. The van der Waals surface area contributed by atoms with Crippen molar-refractivity contribution in [3.63, 3.8) is 0 Å². The second-order valence-electron chi connectivity index (χ2n) is 5.13. The summed E-state index contributed by atoms with van der Waals surface area (Å²) in [5, 5.41) is 6.02. The van der Waals surface area contributed by atoms with Crippen LogP contribution in [0.2, 0.25) is 0 Å². The number of carbonyl (C=O) groups excluding carboxylic acids is 2. The number of halogens is 2. The molecule has 0 aliphatic heterocycles. The average molecular weight is 370 g/mol. The van der Waals surface area contributed by atoms with E-state index in [1.165, 1.54) is 11.8 Å². The number of ether oxygens (including phenoxy) is 1. The number of nitrogens with zero attached hydrogens (tertiary/aromatic N) is 1. The van der Waals surface area contributed by atoms with Crippen molar-refractivity contribution in [2.24, 2.45) is 0 Å². The van der Waals surface area contributed by atoms with Crippen molar-refractivity contribution < 1.29 is 27.6 Å². The second-order valence-corrected chi connectivity index (χ2v) is 6.11. The van der Waals surface area contributed by atoms with E-state index < -0.39 is 30.1 Å². The Morgan fingerprint density at radius 1 is 1.32 bits per heavy atom. The van der Waals surface area contributed by atoms with Crippen LogP contribution in [-0.2, 0) is 20.1 Å². The molecule has 0 saturated heterocycles. The van der Waals surface area contributed by atoms with Crippen LogP contribution in [0.4, 0.5) is 14.5 Å². The quantitative estimate of drug-likeness (QED) is 0.755. The Morgan fingerprint density at radius 3 is 2.72 bits per heavy atom. The van der Waals surface area contributed by atoms with Crippen molar-refractivity contribution in [3.05, 3.63) is 46.9 Å². The molecule has 1 N–H and O–H groups in total. The van der Waals surface area contributed by atoms with Crippen molar-refractivity contribution in [2.45, 2.75) is 19.6 Å². The predicted molar refractivity (Wildman–Crippen MR) is 88.1 cm³/mol. The second kappa shape index (κ2) is 8.61. The van der Waals surface area contributed by atoms with E-state index in [1.807, 2.05) is 6.92 Å². The van der Waals surface area contributed by atoms with E-state index in [0.717, 1.165) is 23.4 Å². The number of amides is 1. The monoisotopic (exact) mass is 370 g/mol. The number of nitrogens with one attached hydrogen (secondary N) is 1. The van der Waals surface area contributed by atoms with E-state index in [1.54, 1.807) is 6.92 Å². The van der Waals surface area contributed by atoms with Crippen LogP contribution in [0.3, 0.4) is 0 Å². The Labute approximate surface area is 146 Å². The highest BCUT2D eigenvalue weighted by Crippen LogP contribution is 2.19. The molecular formula is C16H16F2N2O4S. The normalized spacial score (nSPS) is 10.6. The average Bonchev–Trinajstić information content (AvgIpc) is 2.87. The van der Waals surface area contributed by atoms with Gasteiger partial charge in [-0.05, 0) is 26.0 Å². The van der Waals surface area contributed by atoms with E-state index in [2.05, 4.69) is 10.5 Å². The largest absolute Gasteiger partial charge is 0.455 e. The number of hydrogen-bond acceptors (Lipinski definition) is 6. The Morgan fingerprint density at radius 2 is 2.08 bits per heavy atom. The molecule has 134 valence electrons. The van der Waals surface area contributed by atoms with Gasteiger partial charge in [0.15, 0.2) is 6.61 Å². The molecule has 0 aliphatic rings. The van der Waals surface area contributed by atoms with Crippen molar-refractivity contribution in [1.82, 2.24) is 5.16 Å². The van der Waals surface area contributed by atoms with Crippen LogP contribution >= 0.6 is 11.8 Å². The first-order chi connectivity index (χ1) is 11.9. The first-order valence-electron chi connectivity index (χ1n) is 7.27. The third kappa shape index (κ3) is 5.56. The van der Waals surface area contributed by atoms with E-state index in [4.69, 9.17) is 9.26 Å². The lowest BCUT2D eigenvalue weighted by Gasteiger charge is -2.07. The van der Waals surface area contributed by atoms with Gasteiger partial charge in [0, 0.05) is 17.4 Å². The maximum absolute atomic E-state index is 13.4. The first kappa shape index (κ1) is 18.9. The molecule has 2 aromatic rings. The molecule has 0 radical (unpaired) electrons. The summed E-state index contributed by atoms with van der Waals surface area (Å²) in [6, 6.07) is 2.74. The van der Waals surface area contributed by atoms with Gasteiger partial charge in [-0.25, -0.2) is 8.78 Å². The molecule has 1 heterocycles. The summed E-state index contributed by atoms with van der Waals surface area (Å²) in [6.45, 7) is 3.04. The third-order valence-corrected chi connectivity index (χ3v) is 4.15. The fraction of sp³-hybridized carbons (Fsp3) is 0.312. The smallest absolute Gasteiger partial charge is 0.316 e. The van der Waals surface area contributed by atoms with Gasteiger partial charge in [0.1, 0.15) is 17.4 Å². The molecule has 0 atom stereocenters. The fourth-order valence-electron chi connectivity index (χ4n) is 1.91. The molecular weight excluding hydrogens is 354 g/mol. The Bertz CT molecular complexity index is 760. The number of hydrogen-bond donors (Lipinski definition) is 1. The number of benzene rings is 1. The van der Waals surface area contributed by atoms with Gasteiger partial charge in [0.2, 0.25) is 0 Å². The molecule has 0 fully saturated rings. The maximum Gasteiger partial charge on any atom is 0.316 e. The Hall–Kier alpha value is -2.42. The molecule has 1 aromatic carbocycles. The number of rotatable bonds is 7. The van der Waals surface area contributed by atoms with Gasteiger partial charge in [-0.3, -0.25) is 9.59 Å². The summed E-state index contributed by atoms with van der Waals surface area (Å²) in [4.78, 5) is 23.3. The minimum Gasteiger partial charge on any atom is -0.455 e. The van der Waals surface area contributed by atoms with Gasteiger partial charge in [-0.2, -0.15) is 0 Å². The maximum atomic E-state index is 13.4. The van der Waals surface area contributed by atoms with E-state index in [9.17, 15) is 18.4 Å². The molecule has 25 heavy (non-hydrogen) atoms. The Kier molecular flexibility index (Phi) is 6.51. The molecule has 0 bridgehead atoms. The lowest BCUT2D eigenvalue weighted by molar-refractivity contribution is -0.144. The summed E-state index contributed by atoms with van der Waals surface area (Å²) >= 11 is 1.30. The molecule has 0 saturated carbocycles. The minimum absolute atomic E-state index is 0.0439. The molecule has 0 aliphatic carbocycles. The zero-order valence-corrected chi connectivity index (χ0v) is 14.4.